The number of sulfonamides is 1. The van der Waals surface area contributed by atoms with E-state index in [1.54, 1.807) is 18.2 Å². The standard InChI is InChI=1S/C21H24ClN3O6S/c1-4-12-8-18-13(9-19(12)32(28,29)25-21(27)23-2)7-15(11-31-18)24-20(26)16-10-14(22)5-6-17(16)30-3/h5-6,8-10,15H,4,7,11H2,1-3H3,(H,24,26)(H2,23,25,27). The van der Waals surface area contributed by atoms with Gasteiger partial charge in [-0.2, -0.15) is 0 Å². The highest BCUT2D eigenvalue weighted by atomic mass is 35.5. The zero-order valence-corrected chi connectivity index (χ0v) is 19.4. The molecule has 1 aliphatic rings. The summed E-state index contributed by atoms with van der Waals surface area (Å²) in [5, 5.41) is 5.50. The molecule has 1 heterocycles. The molecule has 11 heteroatoms. The van der Waals surface area contributed by atoms with Crippen LogP contribution in [-0.4, -0.2) is 47.2 Å². The Hall–Kier alpha value is -2.98. The number of aryl methyl sites for hydroxylation is 1. The van der Waals surface area contributed by atoms with Crippen LogP contribution in [0, 0.1) is 0 Å². The molecule has 172 valence electrons. The molecule has 0 spiro atoms. The molecule has 0 aromatic heterocycles. The quantitative estimate of drug-likeness (QED) is 0.581. The van der Waals surface area contributed by atoms with Crippen molar-refractivity contribution in [3.05, 3.63) is 52.0 Å². The molecule has 0 saturated heterocycles. The molecule has 0 fully saturated rings. The van der Waals surface area contributed by atoms with Gasteiger partial charge >= 0.3 is 6.03 Å². The molecule has 0 bridgehead atoms. The van der Waals surface area contributed by atoms with E-state index in [1.807, 2.05) is 11.6 Å². The number of carbonyl (C=O) groups excluding carboxylic acids is 2. The van der Waals surface area contributed by atoms with Crippen LogP contribution < -0.4 is 24.8 Å². The summed E-state index contributed by atoms with van der Waals surface area (Å²) in [6.07, 6.45) is 0.770. The van der Waals surface area contributed by atoms with Gasteiger partial charge in [0, 0.05) is 12.1 Å². The Morgan fingerprint density at radius 1 is 1.25 bits per heavy atom. The number of ether oxygens (including phenoxy) is 2. The Morgan fingerprint density at radius 2 is 2.00 bits per heavy atom. The van der Waals surface area contributed by atoms with Crippen molar-refractivity contribution in [2.24, 2.45) is 0 Å². The molecule has 3 amide bonds. The number of methoxy groups -OCH3 is 1. The first kappa shape index (κ1) is 23.7. The summed E-state index contributed by atoms with van der Waals surface area (Å²) in [5.74, 6) is 0.539. The van der Waals surface area contributed by atoms with Crippen LogP contribution in [0.5, 0.6) is 11.5 Å². The third-order valence-corrected chi connectivity index (χ3v) is 6.66. The SMILES string of the molecule is CCc1cc2c(cc1S(=O)(=O)NC(=O)NC)CC(NC(=O)c1cc(Cl)ccc1OC)CO2. The van der Waals surface area contributed by atoms with Gasteiger partial charge in [0.1, 0.15) is 18.1 Å². The predicted molar refractivity (Wildman–Crippen MR) is 119 cm³/mol. The summed E-state index contributed by atoms with van der Waals surface area (Å²) < 4.78 is 38.4. The first-order valence-electron chi connectivity index (χ1n) is 9.86. The minimum Gasteiger partial charge on any atom is -0.496 e. The lowest BCUT2D eigenvalue weighted by atomic mass is 9.99. The van der Waals surface area contributed by atoms with Crippen LogP contribution in [0.4, 0.5) is 4.79 Å². The van der Waals surface area contributed by atoms with E-state index >= 15 is 0 Å². The van der Waals surface area contributed by atoms with Crippen molar-refractivity contribution in [1.29, 1.82) is 0 Å². The molecule has 1 aliphatic heterocycles. The molecule has 0 aliphatic carbocycles. The zero-order chi connectivity index (χ0) is 23.5. The van der Waals surface area contributed by atoms with Crippen LogP contribution in [-0.2, 0) is 22.9 Å². The van der Waals surface area contributed by atoms with Crippen molar-refractivity contribution >= 4 is 33.6 Å². The monoisotopic (exact) mass is 481 g/mol. The van der Waals surface area contributed by atoms with Gasteiger partial charge in [0.25, 0.3) is 15.9 Å². The van der Waals surface area contributed by atoms with E-state index in [0.717, 1.165) is 0 Å². The Kier molecular flexibility index (Phi) is 7.15. The average molecular weight is 482 g/mol. The van der Waals surface area contributed by atoms with Crippen LogP contribution in [0.25, 0.3) is 0 Å². The van der Waals surface area contributed by atoms with Gasteiger partial charge in [-0.25, -0.2) is 17.9 Å². The number of carbonyl (C=O) groups is 2. The highest BCUT2D eigenvalue weighted by Gasteiger charge is 2.28. The van der Waals surface area contributed by atoms with Crippen molar-refractivity contribution in [2.45, 2.75) is 30.7 Å². The number of nitrogens with one attached hydrogen (secondary N) is 3. The predicted octanol–water partition coefficient (Wildman–Crippen LogP) is 2.26. The Balaban J connectivity index is 1.85. The fourth-order valence-corrected chi connectivity index (χ4v) is 4.89. The second-order valence-corrected chi connectivity index (χ2v) is 9.22. The summed E-state index contributed by atoms with van der Waals surface area (Å²) in [4.78, 5) is 24.4. The van der Waals surface area contributed by atoms with Crippen LogP contribution in [0.2, 0.25) is 5.02 Å². The molecule has 32 heavy (non-hydrogen) atoms. The van der Waals surface area contributed by atoms with Gasteiger partial charge in [0.2, 0.25) is 0 Å². The Morgan fingerprint density at radius 3 is 2.66 bits per heavy atom. The lowest BCUT2D eigenvalue weighted by molar-refractivity contribution is 0.0912. The fourth-order valence-electron chi connectivity index (χ4n) is 3.42. The maximum absolute atomic E-state index is 12.8. The number of hydrogen-bond donors (Lipinski definition) is 3. The van der Waals surface area contributed by atoms with Crippen molar-refractivity contribution in [1.82, 2.24) is 15.4 Å². The van der Waals surface area contributed by atoms with E-state index in [9.17, 15) is 18.0 Å². The highest BCUT2D eigenvalue weighted by molar-refractivity contribution is 7.90. The molecule has 2 aromatic carbocycles. The molecule has 3 N–H and O–H groups in total. The summed E-state index contributed by atoms with van der Waals surface area (Å²) in [5.41, 5.74) is 1.41. The normalized spacial score (nSPS) is 15.2. The molecule has 0 radical (unpaired) electrons. The van der Waals surface area contributed by atoms with Crippen LogP contribution in [0.3, 0.4) is 0 Å². The van der Waals surface area contributed by atoms with E-state index in [-0.39, 0.29) is 23.0 Å². The number of hydrogen-bond acceptors (Lipinski definition) is 6. The van der Waals surface area contributed by atoms with Crippen LogP contribution >= 0.6 is 11.6 Å². The second kappa shape index (κ2) is 9.66. The summed E-state index contributed by atoms with van der Waals surface area (Å²) in [6, 6.07) is 6.64. The topological polar surface area (TPSA) is 123 Å². The first-order valence-corrected chi connectivity index (χ1v) is 11.7. The van der Waals surface area contributed by atoms with Gasteiger partial charge in [0.15, 0.2) is 0 Å². The highest BCUT2D eigenvalue weighted by Crippen LogP contribution is 2.31. The third-order valence-electron chi connectivity index (χ3n) is 5.02. The number of benzene rings is 2. The first-order chi connectivity index (χ1) is 15.2. The number of rotatable bonds is 6. The van der Waals surface area contributed by atoms with Crippen molar-refractivity contribution in [3.63, 3.8) is 0 Å². The van der Waals surface area contributed by atoms with E-state index in [2.05, 4.69) is 10.6 Å². The summed E-state index contributed by atoms with van der Waals surface area (Å²) in [6.45, 7) is 2.03. The van der Waals surface area contributed by atoms with Gasteiger partial charge in [0.05, 0.1) is 23.6 Å². The van der Waals surface area contributed by atoms with Gasteiger partial charge in [-0.3, -0.25) is 4.79 Å². The molecular formula is C21H24ClN3O6S. The number of halogens is 1. The van der Waals surface area contributed by atoms with Crippen molar-refractivity contribution < 1.29 is 27.5 Å². The largest absolute Gasteiger partial charge is 0.496 e. The second-order valence-electron chi connectivity index (χ2n) is 7.14. The molecule has 9 nitrogen and oxygen atoms in total. The molecular weight excluding hydrogens is 458 g/mol. The third kappa shape index (κ3) is 5.08. The molecule has 0 saturated carbocycles. The average Bonchev–Trinajstić information content (AvgIpc) is 2.77. The lowest BCUT2D eigenvalue weighted by Crippen LogP contribution is -2.43. The fraction of sp³-hybridized carbons (Fsp3) is 0.333. The van der Waals surface area contributed by atoms with Gasteiger partial charge in [-0.15, -0.1) is 0 Å². The minimum absolute atomic E-state index is 0.00515. The molecule has 1 unspecified atom stereocenters. The van der Waals surface area contributed by atoms with E-state index < -0.39 is 22.1 Å². The number of amides is 3. The van der Waals surface area contributed by atoms with Crippen LogP contribution in [0.15, 0.2) is 35.2 Å². The maximum Gasteiger partial charge on any atom is 0.328 e. The summed E-state index contributed by atoms with van der Waals surface area (Å²) >= 11 is 6.01. The zero-order valence-electron chi connectivity index (χ0n) is 17.8. The van der Waals surface area contributed by atoms with E-state index in [1.165, 1.54) is 26.3 Å². The minimum atomic E-state index is -4.08. The number of fused-ring (bicyclic) bond motifs is 1. The van der Waals surface area contributed by atoms with Crippen molar-refractivity contribution in [3.8, 4) is 11.5 Å². The number of urea groups is 1. The van der Waals surface area contributed by atoms with Crippen molar-refractivity contribution in [2.75, 3.05) is 20.8 Å². The van der Waals surface area contributed by atoms with Gasteiger partial charge in [-0.1, -0.05) is 18.5 Å². The lowest BCUT2D eigenvalue weighted by Gasteiger charge is -2.27. The van der Waals surface area contributed by atoms with Crippen LogP contribution in [0.1, 0.15) is 28.4 Å². The van der Waals surface area contributed by atoms with E-state index in [4.69, 9.17) is 21.1 Å². The van der Waals surface area contributed by atoms with Gasteiger partial charge in [-0.05, 0) is 54.3 Å². The summed E-state index contributed by atoms with van der Waals surface area (Å²) in [7, 11) is -1.29. The molecule has 3 rings (SSSR count). The Labute approximate surface area is 191 Å². The Bertz CT molecular complexity index is 1150. The smallest absolute Gasteiger partial charge is 0.328 e. The molecule has 2 aromatic rings. The molecule has 1 atom stereocenters. The van der Waals surface area contributed by atoms with Gasteiger partial charge < -0.3 is 20.1 Å². The maximum atomic E-state index is 12.8. The van der Waals surface area contributed by atoms with E-state index in [0.29, 0.717) is 40.5 Å².